The highest BCUT2D eigenvalue weighted by Crippen LogP contribution is 2.38. The molecule has 0 saturated carbocycles. The van der Waals surface area contributed by atoms with Crippen LogP contribution in [0.25, 0.3) is 44.6 Å². The average molecular weight is 436 g/mol. The summed E-state index contributed by atoms with van der Waals surface area (Å²) >= 11 is 6.42. The third-order valence-corrected chi connectivity index (χ3v) is 5.81. The van der Waals surface area contributed by atoms with Crippen LogP contribution in [0.4, 0.5) is 4.39 Å². The van der Waals surface area contributed by atoms with Crippen LogP contribution in [0.3, 0.4) is 0 Å². The van der Waals surface area contributed by atoms with Crippen molar-refractivity contribution in [3.8, 4) is 44.6 Å². The van der Waals surface area contributed by atoms with Gasteiger partial charge < -0.3 is 0 Å². The van der Waals surface area contributed by atoms with Gasteiger partial charge in [0, 0.05) is 22.9 Å². The molecule has 0 spiro atoms. The summed E-state index contributed by atoms with van der Waals surface area (Å²) in [4.78, 5) is 4.69. The van der Waals surface area contributed by atoms with Gasteiger partial charge in [-0.1, -0.05) is 96.5 Å². The quantitative estimate of drug-likeness (QED) is 0.275. The van der Waals surface area contributed by atoms with E-state index in [4.69, 9.17) is 11.6 Å². The molecule has 0 radical (unpaired) electrons. The predicted molar refractivity (Wildman–Crippen MR) is 131 cm³/mol. The van der Waals surface area contributed by atoms with E-state index in [0.717, 1.165) is 39.1 Å². The highest BCUT2D eigenvalue weighted by Gasteiger charge is 2.14. The molecule has 5 rings (SSSR count). The van der Waals surface area contributed by atoms with Gasteiger partial charge in [-0.25, -0.2) is 4.39 Å². The van der Waals surface area contributed by atoms with Crippen molar-refractivity contribution >= 4 is 11.6 Å². The van der Waals surface area contributed by atoms with E-state index in [1.807, 2.05) is 54.7 Å². The van der Waals surface area contributed by atoms with Crippen molar-refractivity contribution in [2.24, 2.45) is 0 Å². The molecule has 1 heterocycles. The predicted octanol–water partition coefficient (Wildman–Crippen LogP) is 8.54. The minimum Gasteiger partial charge on any atom is -0.256 e. The van der Waals surface area contributed by atoms with E-state index >= 15 is 0 Å². The zero-order valence-electron chi connectivity index (χ0n) is 17.2. The first-order chi connectivity index (χ1) is 15.7. The largest absolute Gasteiger partial charge is 0.256 e. The van der Waals surface area contributed by atoms with Crippen LogP contribution in [-0.4, -0.2) is 4.98 Å². The van der Waals surface area contributed by atoms with Crippen LogP contribution in [-0.2, 0) is 0 Å². The molecule has 0 bridgehead atoms. The van der Waals surface area contributed by atoms with Crippen molar-refractivity contribution < 1.29 is 4.39 Å². The molecule has 5 aromatic rings. The average Bonchev–Trinajstić information content (AvgIpc) is 2.85. The molecule has 0 aliphatic heterocycles. The van der Waals surface area contributed by atoms with Crippen molar-refractivity contribution in [1.29, 1.82) is 0 Å². The Bertz CT molecular complexity index is 1360. The maximum absolute atomic E-state index is 13.7. The lowest BCUT2D eigenvalue weighted by atomic mass is 9.93. The summed E-state index contributed by atoms with van der Waals surface area (Å²) in [6, 6.07) is 35.3. The molecule has 0 N–H and O–H groups in total. The van der Waals surface area contributed by atoms with Gasteiger partial charge in [-0.15, -0.1) is 0 Å². The molecule has 1 aromatic heterocycles. The number of hydrogen-bond acceptors (Lipinski definition) is 1. The molecular weight excluding hydrogens is 417 g/mol. The van der Waals surface area contributed by atoms with Crippen molar-refractivity contribution in [3.63, 3.8) is 0 Å². The second kappa shape index (κ2) is 8.78. The van der Waals surface area contributed by atoms with Crippen LogP contribution in [0, 0.1) is 5.82 Å². The minimum absolute atomic E-state index is 0.360. The van der Waals surface area contributed by atoms with Crippen molar-refractivity contribution in [3.05, 3.63) is 126 Å². The third kappa shape index (κ3) is 4.05. The van der Waals surface area contributed by atoms with Crippen molar-refractivity contribution in [2.75, 3.05) is 0 Å². The Morgan fingerprint density at radius 2 is 1.12 bits per heavy atom. The first kappa shape index (κ1) is 20.2. The molecule has 0 atom stereocenters. The van der Waals surface area contributed by atoms with E-state index in [1.165, 1.54) is 17.7 Å². The van der Waals surface area contributed by atoms with Gasteiger partial charge in [0.15, 0.2) is 0 Å². The van der Waals surface area contributed by atoms with Gasteiger partial charge in [0.1, 0.15) is 5.82 Å². The first-order valence-electron chi connectivity index (χ1n) is 10.4. The van der Waals surface area contributed by atoms with Gasteiger partial charge in [-0.05, 0) is 46.5 Å². The number of aromatic nitrogens is 1. The maximum Gasteiger partial charge on any atom is 0.124 e. The van der Waals surface area contributed by atoms with Crippen LogP contribution in [0.1, 0.15) is 0 Å². The molecule has 0 amide bonds. The summed E-state index contributed by atoms with van der Waals surface area (Å²) in [5, 5.41) is 0.362. The lowest BCUT2D eigenvalue weighted by Gasteiger charge is -2.14. The first-order valence-corrected chi connectivity index (χ1v) is 10.7. The molecule has 0 unspecified atom stereocenters. The van der Waals surface area contributed by atoms with Crippen LogP contribution in [0.2, 0.25) is 5.02 Å². The van der Waals surface area contributed by atoms with Gasteiger partial charge in [-0.2, -0.15) is 0 Å². The Hall–Kier alpha value is -3.75. The van der Waals surface area contributed by atoms with Crippen LogP contribution in [0.15, 0.2) is 115 Å². The van der Waals surface area contributed by atoms with Gasteiger partial charge in [0.2, 0.25) is 0 Å². The normalized spacial score (nSPS) is 10.8. The SMILES string of the molecule is Fc1ccc(-c2cnc(-c3ccccc3)cc2-c2ccc(-c3ccccc3)cc2)c(Cl)c1. The van der Waals surface area contributed by atoms with E-state index in [0.29, 0.717) is 5.02 Å². The molecule has 0 aliphatic carbocycles. The number of benzene rings is 4. The van der Waals surface area contributed by atoms with Gasteiger partial charge in [0.25, 0.3) is 0 Å². The number of halogens is 2. The summed E-state index contributed by atoms with van der Waals surface area (Å²) in [5.41, 5.74) is 7.87. The fourth-order valence-corrected chi connectivity index (χ4v) is 4.13. The van der Waals surface area contributed by atoms with Crippen LogP contribution >= 0.6 is 11.6 Å². The number of rotatable bonds is 4. The van der Waals surface area contributed by atoms with E-state index in [9.17, 15) is 4.39 Å². The van der Waals surface area contributed by atoms with Crippen LogP contribution in [0.5, 0.6) is 0 Å². The van der Waals surface area contributed by atoms with E-state index < -0.39 is 0 Å². The Morgan fingerprint density at radius 1 is 0.531 bits per heavy atom. The Morgan fingerprint density at radius 3 is 1.78 bits per heavy atom. The summed E-state index contributed by atoms with van der Waals surface area (Å²) in [6.45, 7) is 0. The van der Waals surface area contributed by atoms with Crippen LogP contribution < -0.4 is 0 Å². The summed E-state index contributed by atoms with van der Waals surface area (Å²) in [6.07, 6.45) is 1.82. The fourth-order valence-electron chi connectivity index (χ4n) is 3.86. The molecule has 32 heavy (non-hydrogen) atoms. The van der Waals surface area contributed by atoms with Gasteiger partial charge >= 0.3 is 0 Å². The monoisotopic (exact) mass is 435 g/mol. The van der Waals surface area contributed by atoms with Crippen molar-refractivity contribution in [1.82, 2.24) is 4.98 Å². The molecule has 0 aliphatic rings. The molecule has 1 nitrogen and oxygen atoms in total. The molecular formula is C29H19ClFN. The summed E-state index contributed by atoms with van der Waals surface area (Å²) in [5.74, 6) is -0.360. The smallest absolute Gasteiger partial charge is 0.124 e. The van der Waals surface area contributed by atoms with Crippen molar-refractivity contribution in [2.45, 2.75) is 0 Å². The maximum atomic E-state index is 13.7. The highest BCUT2D eigenvalue weighted by molar-refractivity contribution is 6.33. The zero-order valence-corrected chi connectivity index (χ0v) is 17.9. The number of nitrogens with zero attached hydrogens (tertiary/aromatic N) is 1. The standard InChI is InChI=1S/C29H19ClFN/c30-28-17-24(31)15-16-25(28)27-19-32-29(23-9-5-2-6-10-23)18-26(27)22-13-11-21(12-14-22)20-7-3-1-4-8-20/h1-19H. The highest BCUT2D eigenvalue weighted by atomic mass is 35.5. The van der Waals surface area contributed by atoms with Gasteiger partial charge in [-0.3, -0.25) is 4.98 Å². The summed E-state index contributed by atoms with van der Waals surface area (Å²) < 4.78 is 13.7. The number of hydrogen-bond donors (Lipinski definition) is 0. The van der Waals surface area contributed by atoms with Gasteiger partial charge in [0.05, 0.1) is 10.7 Å². The van der Waals surface area contributed by atoms with E-state index in [-0.39, 0.29) is 5.82 Å². The molecule has 0 fully saturated rings. The lowest BCUT2D eigenvalue weighted by Crippen LogP contribution is -1.92. The van der Waals surface area contributed by atoms with E-state index in [2.05, 4.69) is 47.4 Å². The third-order valence-electron chi connectivity index (χ3n) is 5.50. The lowest BCUT2D eigenvalue weighted by molar-refractivity contribution is 0.628. The minimum atomic E-state index is -0.360. The Balaban J connectivity index is 1.66. The number of pyridine rings is 1. The van der Waals surface area contributed by atoms with E-state index in [1.54, 1.807) is 6.07 Å². The zero-order chi connectivity index (χ0) is 21.9. The second-order valence-corrected chi connectivity index (χ2v) is 7.96. The fraction of sp³-hybridized carbons (Fsp3) is 0. The molecule has 154 valence electrons. The molecule has 0 saturated heterocycles. The topological polar surface area (TPSA) is 12.9 Å². The molecule has 3 heteroatoms. The summed E-state index contributed by atoms with van der Waals surface area (Å²) in [7, 11) is 0. The Kier molecular flexibility index (Phi) is 5.53. The second-order valence-electron chi connectivity index (χ2n) is 7.55. The Labute approximate surface area is 191 Å². The molecule has 4 aromatic carbocycles.